The van der Waals surface area contributed by atoms with Gasteiger partial charge in [-0.1, -0.05) is 6.92 Å². The standard InChI is InChI=1S/C13H18N2O5/c1-2-9-11(14-8-20-9)12(18)15-13(7-10(16)17)3-5-19-6-4-13/h8H,2-7H2,1H3,(H,15,18)(H,16,17). The Morgan fingerprint density at radius 1 is 1.45 bits per heavy atom. The Balaban J connectivity index is 2.15. The molecule has 1 aromatic heterocycles. The number of nitrogens with zero attached hydrogens (tertiary/aromatic N) is 1. The van der Waals surface area contributed by atoms with Crippen molar-refractivity contribution in [3.63, 3.8) is 0 Å². The zero-order chi connectivity index (χ0) is 14.6. The van der Waals surface area contributed by atoms with Crippen LogP contribution in [0.5, 0.6) is 0 Å². The molecule has 2 rings (SSSR count). The van der Waals surface area contributed by atoms with Crippen molar-refractivity contribution < 1.29 is 23.8 Å². The van der Waals surface area contributed by atoms with Crippen molar-refractivity contribution >= 4 is 11.9 Å². The number of carboxylic acids is 1. The highest BCUT2D eigenvalue weighted by Crippen LogP contribution is 2.25. The number of nitrogens with one attached hydrogen (secondary N) is 1. The highest BCUT2D eigenvalue weighted by molar-refractivity contribution is 5.94. The van der Waals surface area contributed by atoms with Crippen LogP contribution < -0.4 is 5.32 Å². The summed E-state index contributed by atoms with van der Waals surface area (Å²) in [7, 11) is 0. The van der Waals surface area contributed by atoms with Gasteiger partial charge in [0.15, 0.2) is 12.1 Å². The Labute approximate surface area is 116 Å². The highest BCUT2D eigenvalue weighted by atomic mass is 16.5. The summed E-state index contributed by atoms with van der Waals surface area (Å²) in [5, 5.41) is 11.9. The number of amides is 1. The third-order valence-corrected chi connectivity index (χ3v) is 3.50. The summed E-state index contributed by atoms with van der Waals surface area (Å²) in [6.07, 6.45) is 2.61. The molecule has 1 amide bonds. The highest BCUT2D eigenvalue weighted by Gasteiger charge is 2.37. The van der Waals surface area contributed by atoms with Gasteiger partial charge in [0.05, 0.1) is 12.0 Å². The number of hydrogen-bond acceptors (Lipinski definition) is 5. The van der Waals surface area contributed by atoms with Crippen molar-refractivity contribution in [3.05, 3.63) is 17.8 Å². The lowest BCUT2D eigenvalue weighted by atomic mass is 9.86. The first-order chi connectivity index (χ1) is 9.56. The molecule has 7 heteroatoms. The van der Waals surface area contributed by atoms with E-state index in [9.17, 15) is 9.59 Å². The van der Waals surface area contributed by atoms with Crippen LogP contribution in [0.3, 0.4) is 0 Å². The van der Waals surface area contributed by atoms with Crippen molar-refractivity contribution in [2.24, 2.45) is 0 Å². The van der Waals surface area contributed by atoms with E-state index >= 15 is 0 Å². The van der Waals surface area contributed by atoms with Gasteiger partial charge in [-0.25, -0.2) is 4.98 Å². The third kappa shape index (κ3) is 3.16. The smallest absolute Gasteiger partial charge is 0.305 e. The number of ether oxygens (including phenoxy) is 1. The zero-order valence-electron chi connectivity index (χ0n) is 11.3. The molecule has 0 aromatic carbocycles. The molecule has 0 aliphatic carbocycles. The van der Waals surface area contributed by atoms with Crippen LogP contribution in [0, 0.1) is 0 Å². The maximum Gasteiger partial charge on any atom is 0.305 e. The van der Waals surface area contributed by atoms with E-state index in [-0.39, 0.29) is 12.1 Å². The molecule has 0 atom stereocenters. The monoisotopic (exact) mass is 282 g/mol. The lowest BCUT2D eigenvalue weighted by Crippen LogP contribution is -2.53. The molecule has 0 spiro atoms. The summed E-state index contributed by atoms with van der Waals surface area (Å²) in [6, 6.07) is 0. The number of aromatic nitrogens is 1. The van der Waals surface area contributed by atoms with Crippen molar-refractivity contribution in [2.45, 2.75) is 38.1 Å². The fourth-order valence-electron chi connectivity index (χ4n) is 2.40. The van der Waals surface area contributed by atoms with E-state index in [0.717, 1.165) is 0 Å². The topological polar surface area (TPSA) is 102 Å². The molecule has 0 unspecified atom stereocenters. The van der Waals surface area contributed by atoms with E-state index in [4.69, 9.17) is 14.3 Å². The van der Waals surface area contributed by atoms with Crippen LogP contribution in [0.1, 0.15) is 42.4 Å². The van der Waals surface area contributed by atoms with Gasteiger partial charge in [0.25, 0.3) is 5.91 Å². The minimum absolute atomic E-state index is 0.124. The number of rotatable bonds is 5. The molecule has 0 bridgehead atoms. The molecule has 0 radical (unpaired) electrons. The predicted molar refractivity (Wildman–Crippen MR) is 68.4 cm³/mol. The van der Waals surface area contributed by atoms with E-state index in [0.29, 0.717) is 38.2 Å². The average Bonchev–Trinajstić information content (AvgIpc) is 2.87. The minimum atomic E-state index is -0.942. The molecule has 110 valence electrons. The Hall–Kier alpha value is -1.89. The van der Waals surface area contributed by atoms with E-state index in [1.807, 2.05) is 6.92 Å². The van der Waals surface area contributed by atoms with E-state index in [1.54, 1.807) is 0 Å². The average molecular weight is 282 g/mol. The van der Waals surface area contributed by atoms with Crippen LogP contribution in [0.15, 0.2) is 10.8 Å². The van der Waals surface area contributed by atoms with Gasteiger partial charge < -0.3 is 19.6 Å². The first-order valence-electron chi connectivity index (χ1n) is 6.61. The molecular formula is C13H18N2O5. The third-order valence-electron chi connectivity index (χ3n) is 3.50. The Kier molecular flexibility index (Phi) is 4.39. The largest absolute Gasteiger partial charge is 0.481 e. The summed E-state index contributed by atoms with van der Waals surface area (Å²) >= 11 is 0. The van der Waals surface area contributed by atoms with Gasteiger partial charge in [-0.3, -0.25) is 9.59 Å². The van der Waals surface area contributed by atoms with Crippen molar-refractivity contribution in [1.82, 2.24) is 10.3 Å². The number of carboxylic acid groups (broad SMARTS) is 1. The molecule has 0 saturated carbocycles. The summed E-state index contributed by atoms with van der Waals surface area (Å²) in [5.41, 5.74) is -0.547. The molecule has 1 aliphatic heterocycles. The number of carbonyl (C=O) groups is 2. The Morgan fingerprint density at radius 2 is 2.15 bits per heavy atom. The van der Waals surface area contributed by atoms with Crippen molar-refractivity contribution in [2.75, 3.05) is 13.2 Å². The van der Waals surface area contributed by atoms with Crippen LogP contribution in [0.2, 0.25) is 0 Å². The van der Waals surface area contributed by atoms with Gasteiger partial charge in [-0.05, 0) is 12.8 Å². The van der Waals surface area contributed by atoms with Crippen LogP contribution in [0.25, 0.3) is 0 Å². The molecule has 7 nitrogen and oxygen atoms in total. The molecule has 2 N–H and O–H groups in total. The second-order valence-corrected chi connectivity index (χ2v) is 4.90. The maximum atomic E-state index is 12.3. The van der Waals surface area contributed by atoms with E-state index in [1.165, 1.54) is 6.39 Å². The maximum absolute atomic E-state index is 12.3. The fraction of sp³-hybridized carbons (Fsp3) is 0.615. The van der Waals surface area contributed by atoms with E-state index < -0.39 is 17.4 Å². The quantitative estimate of drug-likeness (QED) is 0.835. The first-order valence-corrected chi connectivity index (χ1v) is 6.61. The fourth-order valence-corrected chi connectivity index (χ4v) is 2.40. The normalized spacial score (nSPS) is 17.6. The molecule has 1 saturated heterocycles. The summed E-state index contributed by atoms with van der Waals surface area (Å²) in [4.78, 5) is 27.2. The van der Waals surface area contributed by atoms with Crippen LogP contribution in [-0.4, -0.2) is 40.7 Å². The second-order valence-electron chi connectivity index (χ2n) is 4.90. The van der Waals surface area contributed by atoms with Crippen molar-refractivity contribution in [1.29, 1.82) is 0 Å². The number of oxazole rings is 1. The summed E-state index contributed by atoms with van der Waals surface area (Å²) in [5.74, 6) is -0.832. The molecule has 1 aromatic rings. The molecule has 1 aliphatic rings. The van der Waals surface area contributed by atoms with Gasteiger partial charge in [0.1, 0.15) is 5.76 Å². The van der Waals surface area contributed by atoms with Gasteiger partial charge >= 0.3 is 5.97 Å². The molecule has 20 heavy (non-hydrogen) atoms. The van der Waals surface area contributed by atoms with Crippen molar-refractivity contribution in [3.8, 4) is 0 Å². The Morgan fingerprint density at radius 3 is 2.75 bits per heavy atom. The van der Waals surface area contributed by atoms with E-state index in [2.05, 4.69) is 10.3 Å². The van der Waals surface area contributed by atoms with Gasteiger partial charge in [0, 0.05) is 19.6 Å². The first kappa shape index (κ1) is 14.5. The summed E-state index contributed by atoms with van der Waals surface area (Å²) < 4.78 is 10.4. The number of carbonyl (C=O) groups excluding carboxylic acids is 1. The van der Waals surface area contributed by atoms with Crippen LogP contribution >= 0.6 is 0 Å². The van der Waals surface area contributed by atoms with Crippen LogP contribution in [-0.2, 0) is 16.0 Å². The SMILES string of the molecule is CCc1ocnc1C(=O)NC1(CC(=O)O)CCOCC1. The number of aryl methyl sites for hydroxylation is 1. The second kappa shape index (κ2) is 6.04. The lowest BCUT2D eigenvalue weighted by Gasteiger charge is -2.36. The number of hydrogen-bond donors (Lipinski definition) is 2. The van der Waals surface area contributed by atoms with Gasteiger partial charge in [-0.2, -0.15) is 0 Å². The van der Waals surface area contributed by atoms with Gasteiger partial charge in [-0.15, -0.1) is 0 Å². The minimum Gasteiger partial charge on any atom is -0.481 e. The molecule has 1 fully saturated rings. The number of aliphatic carboxylic acids is 1. The molecular weight excluding hydrogens is 264 g/mol. The molecule has 2 heterocycles. The van der Waals surface area contributed by atoms with Crippen LogP contribution in [0.4, 0.5) is 0 Å². The lowest BCUT2D eigenvalue weighted by molar-refractivity contribution is -0.139. The summed E-state index contributed by atoms with van der Waals surface area (Å²) in [6.45, 7) is 2.73. The predicted octanol–water partition coefficient (Wildman–Crippen LogP) is 0.991. The van der Waals surface area contributed by atoms with Gasteiger partial charge in [0.2, 0.25) is 0 Å². The Bertz CT molecular complexity index is 491. The zero-order valence-corrected chi connectivity index (χ0v) is 11.3.